The first-order valence-corrected chi connectivity index (χ1v) is 12.8. The lowest BCUT2D eigenvalue weighted by molar-refractivity contribution is -0.208. The zero-order valence-electron chi connectivity index (χ0n) is 19.9. The number of benzene rings is 4. The highest BCUT2D eigenvalue weighted by Crippen LogP contribution is 2.62. The van der Waals surface area contributed by atoms with Gasteiger partial charge in [0.1, 0.15) is 5.60 Å². The van der Waals surface area contributed by atoms with E-state index in [9.17, 15) is 0 Å². The van der Waals surface area contributed by atoms with E-state index in [0.717, 1.165) is 5.69 Å². The van der Waals surface area contributed by atoms with Gasteiger partial charge >= 0.3 is 0 Å². The molecule has 168 valence electrons. The summed E-state index contributed by atoms with van der Waals surface area (Å²) in [6.45, 7) is 8.85. The van der Waals surface area contributed by atoms with Gasteiger partial charge in [-0.15, -0.1) is 0 Å². The standard InChI is InChI=1S/C31H27NOS/c1-29(2)30(3,4)33-32(29)20-17-18-22-21-11-5-6-12-23(21)31(26(22)19-20)24-13-7-9-15-27(24)34-28-16-10-8-14-25(28)31/h5-19H,1-4H3. The summed E-state index contributed by atoms with van der Waals surface area (Å²) in [6.07, 6.45) is 0. The van der Waals surface area contributed by atoms with E-state index in [1.54, 1.807) is 0 Å². The average molecular weight is 462 g/mol. The average Bonchev–Trinajstić information content (AvgIpc) is 3.13. The molecule has 0 atom stereocenters. The van der Waals surface area contributed by atoms with Crippen LogP contribution >= 0.6 is 11.8 Å². The molecule has 1 spiro atoms. The Morgan fingerprint density at radius 1 is 0.618 bits per heavy atom. The van der Waals surface area contributed by atoms with Crippen LogP contribution in [0.2, 0.25) is 0 Å². The first kappa shape index (κ1) is 20.4. The van der Waals surface area contributed by atoms with Crippen molar-refractivity contribution in [1.29, 1.82) is 0 Å². The SMILES string of the molecule is CC1(C)ON(c2ccc3c(c2)C2(c4ccccc4Sc4ccccc42)c2ccccc2-3)C1(C)C. The van der Waals surface area contributed by atoms with E-state index in [2.05, 4.69) is 124 Å². The number of hydroxylamine groups is 1. The van der Waals surface area contributed by atoms with E-state index in [0.29, 0.717) is 0 Å². The minimum atomic E-state index is -0.342. The van der Waals surface area contributed by atoms with Crippen LogP contribution in [0, 0.1) is 0 Å². The van der Waals surface area contributed by atoms with Gasteiger partial charge in [-0.25, -0.2) is 5.06 Å². The van der Waals surface area contributed by atoms with Crippen molar-refractivity contribution >= 4 is 17.4 Å². The molecule has 34 heavy (non-hydrogen) atoms. The van der Waals surface area contributed by atoms with Gasteiger partial charge in [-0.2, -0.15) is 0 Å². The Kier molecular flexibility index (Phi) is 3.93. The molecule has 0 aromatic heterocycles. The smallest absolute Gasteiger partial charge is 0.116 e. The molecule has 1 fully saturated rings. The second-order valence-corrected chi connectivity index (χ2v) is 11.7. The van der Waals surface area contributed by atoms with E-state index >= 15 is 0 Å². The van der Waals surface area contributed by atoms with Crippen LogP contribution in [0.15, 0.2) is 101 Å². The van der Waals surface area contributed by atoms with Crippen molar-refractivity contribution in [3.8, 4) is 11.1 Å². The molecule has 0 radical (unpaired) electrons. The quantitative estimate of drug-likeness (QED) is 0.248. The summed E-state index contributed by atoms with van der Waals surface area (Å²) < 4.78 is 0. The summed E-state index contributed by atoms with van der Waals surface area (Å²) in [7, 11) is 0. The third-order valence-electron chi connectivity index (χ3n) is 8.37. The van der Waals surface area contributed by atoms with Crippen molar-refractivity contribution in [1.82, 2.24) is 0 Å². The molecule has 1 saturated heterocycles. The van der Waals surface area contributed by atoms with Gasteiger partial charge in [0.2, 0.25) is 0 Å². The molecule has 7 rings (SSSR count). The first-order valence-electron chi connectivity index (χ1n) is 12.0. The second kappa shape index (κ2) is 6.56. The lowest BCUT2D eigenvalue weighted by Gasteiger charge is -2.60. The van der Waals surface area contributed by atoms with E-state index in [-0.39, 0.29) is 16.6 Å². The number of nitrogens with zero attached hydrogens (tertiary/aromatic N) is 1. The summed E-state index contributed by atoms with van der Waals surface area (Å²) in [6, 6.07) is 33.7. The summed E-state index contributed by atoms with van der Waals surface area (Å²) in [5, 5.41) is 2.10. The molecule has 0 bridgehead atoms. The molecule has 2 aliphatic heterocycles. The minimum absolute atomic E-state index is 0.0991. The molecule has 0 N–H and O–H groups in total. The highest BCUT2D eigenvalue weighted by molar-refractivity contribution is 7.99. The van der Waals surface area contributed by atoms with Gasteiger partial charge in [0.15, 0.2) is 0 Å². The minimum Gasteiger partial charge on any atom is -0.264 e. The highest BCUT2D eigenvalue weighted by Gasteiger charge is 2.56. The lowest BCUT2D eigenvalue weighted by atomic mass is 9.67. The molecule has 2 nitrogen and oxygen atoms in total. The number of hydrogen-bond donors (Lipinski definition) is 0. The van der Waals surface area contributed by atoms with Crippen LogP contribution in [0.25, 0.3) is 11.1 Å². The second-order valence-electron chi connectivity index (χ2n) is 10.6. The van der Waals surface area contributed by atoms with Crippen LogP contribution in [0.3, 0.4) is 0 Å². The van der Waals surface area contributed by atoms with Crippen LogP contribution in [0.5, 0.6) is 0 Å². The Morgan fingerprint density at radius 3 is 1.79 bits per heavy atom. The maximum absolute atomic E-state index is 6.31. The van der Waals surface area contributed by atoms with Crippen LogP contribution < -0.4 is 5.06 Å². The molecular formula is C31H27NOS. The molecular weight excluding hydrogens is 434 g/mol. The predicted octanol–water partition coefficient (Wildman–Crippen LogP) is 7.82. The molecule has 0 unspecified atom stereocenters. The lowest BCUT2D eigenvalue weighted by Crippen LogP contribution is -2.72. The Bertz CT molecular complexity index is 1440. The fourth-order valence-electron chi connectivity index (χ4n) is 6.00. The van der Waals surface area contributed by atoms with Gasteiger partial charge in [0.05, 0.1) is 16.6 Å². The van der Waals surface area contributed by atoms with Gasteiger partial charge in [-0.3, -0.25) is 4.84 Å². The Morgan fingerprint density at radius 2 is 1.18 bits per heavy atom. The van der Waals surface area contributed by atoms with E-state index in [1.807, 2.05) is 11.8 Å². The normalized spacial score (nSPS) is 19.6. The van der Waals surface area contributed by atoms with Crippen LogP contribution in [0.4, 0.5) is 5.69 Å². The van der Waals surface area contributed by atoms with Crippen molar-refractivity contribution in [3.63, 3.8) is 0 Å². The summed E-state index contributed by atoms with van der Waals surface area (Å²) in [5.74, 6) is 0. The zero-order chi connectivity index (χ0) is 23.3. The molecule has 0 amide bonds. The molecule has 4 aromatic carbocycles. The Balaban J connectivity index is 1.57. The largest absolute Gasteiger partial charge is 0.264 e. The van der Waals surface area contributed by atoms with Crippen LogP contribution in [-0.2, 0) is 10.3 Å². The number of hydrogen-bond acceptors (Lipinski definition) is 3. The highest BCUT2D eigenvalue weighted by atomic mass is 32.2. The zero-order valence-corrected chi connectivity index (χ0v) is 20.7. The van der Waals surface area contributed by atoms with E-state index in [4.69, 9.17) is 4.84 Å². The monoisotopic (exact) mass is 461 g/mol. The van der Waals surface area contributed by atoms with Crippen molar-refractivity contribution in [3.05, 3.63) is 113 Å². The third-order valence-corrected chi connectivity index (χ3v) is 9.52. The summed E-state index contributed by atoms with van der Waals surface area (Å²) in [4.78, 5) is 8.97. The van der Waals surface area contributed by atoms with Gasteiger partial charge in [0, 0.05) is 9.79 Å². The summed E-state index contributed by atoms with van der Waals surface area (Å²) in [5.41, 5.74) is 8.55. The number of anilines is 1. The number of fused-ring (bicyclic) bond motifs is 9. The van der Waals surface area contributed by atoms with Crippen molar-refractivity contribution in [2.24, 2.45) is 0 Å². The van der Waals surface area contributed by atoms with Gasteiger partial charge < -0.3 is 0 Å². The van der Waals surface area contributed by atoms with Crippen LogP contribution in [-0.4, -0.2) is 11.1 Å². The maximum atomic E-state index is 6.31. The third kappa shape index (κ3) is 2.32. The van der Waals surface area contributed by atoms with Gasteiger partial charge in [-0.1, -0.05) is 78.5 Å². The van der Waals surface area contributed by atoms with Crippen LogP contribution in [0.1, 0.15) is 49.9 Å². The first-order chi connectivity index (χ1) is 16.4. The fraction of sp³-hybridized carbons (Fsp3) is 0.226. The molecule has 3 aliphatic rings. The molecule has 2 heterocycles. The van der Waals surface area contributed by atoms with Crippen molar-refractivity contribution in [2.75, 3.05) is 5.06 Å². The molecule has 0 saturated carbocycles. The van der Waals surface area contributed by atoms with E-state index < -0.39 is 0 Å². The number of rotatable bonds is 1. The van der Waals surface area contributed by atoms with Crippen molar-refractivity contribution in [2.45, 2.75) is 54.0 Å². The van der Waals surface area contributed by atoms with E-state index in [1.165, 1.54) is 43.2 Å². The topological polar surface area (TPSA) is 12.5 Å². The summed E-state index contributed by atoms with van der Waals surface area (Å²) >= 11 is 1.88. The molecule has 4 aromatic rings. The van der Waals surface area contributed by atoms with Gasteiger partial charge in [0.25, 0.3) is 0 Å². The Hall–Kier alpha value is -3.01. The maximum Gasteiger partial charge on any atom is 0.116 e. The van der Waals surface area contributed by atoms with Gasteiger partial charge in [-0.05, 0) is 85.3 Å². The predicted molar refractivity (Wildman–Crippen MR) is 140 cm³/mol. The molecule has 1 aliphatic carbocycles. The molecule has 3 heteroatoms. The fourth-order valence-corrected chi connectivity index (χ4v) is 7.20. The van der Waals surface area contributed by atoms with Crippen molar-refractivity contribution < 1.29 is 4.84 Å². The Labute approximate surface area is 205 Å².